The van der Waals surface area contributed by atoms with Gasteiger partial charge in [0.2, 0.25) is 10.0 Å². The first-order valence-corrected chi connectivity index (χ1v) is 9.28. The van der Waals surface area contributed by atoms with Crippen molar-refractivity contribution in [2.24, 2.45) is 0 Å². The van der Waals surface area contributed by atoms with Gasteiger partial charge >= 0.3 is 0 Å². The highest BCUT2D eigenvalue weighted by Crippen LogP contribution is 2.29. The summed E-state index contributed by atoms with van der Waals surface area (Å²) in [5, 5.41) is 3.49. The van der Waals surface area contributed by atoms with Gasteiger partial charge in [-0.2, -0.15) is 0 Å². The van der Waals surface area contributed by atoms with Gasteiger partial charge in [-0.3, -0.25) is 4.79 Å². The minimum absolute atomic E-state index is 0.0702. The van der Waals surface area contributed by atoms with Gasteiger partial charge < -0.3 is 10.1 Å². The zero-order valence-corrected chi connectivity index (χ0v) is 15.7. The third-order valence-corrected chi connectivity index (χ3v) is 6.19. The quantitative estimate of drug-likeness (QED) is 0.873. The summed E-state index contributed by atoms with van der Waals surface area (Å²) >= 11 is 1.28. The number of hydrogen-bond acceptors (Lipinski definition) is 6. The Morgan fingerprint density at radius 1 is 1.29 bits per heavy atom. The van der Waals surface area contributed by atoms with Crippen molar-refractivity contribution in [2.45, 2.75) is 18.7 Å². The Hall–Kier alpha value is -1.97. The molecule has 24 heavy (non-hydrogen) atoms. The lowest BCUT2D eigenvalue weighted by Gasteiger charge is -2.15. The summed E-state index contributed by atoms with van der Waals surface area (Å²) in [4.78, 5) is 17.2. The SMILES string of the molecule is COc1ccc(S(=O)(=O)N(C)C)cc1NC(=O)c1sc(C)nc1C. The van der Waals surface area contributed by atoms with E-state index in [2.05, 4.69) is 10.3 Å². The van der Waals surface area contributed by atoms with Gasteiger partial charge in [-0.15, -0.1) is 11.3 Å². The Balaban J connectivity index is 2.42. The molecule has 0 unspecified atom stereocenters. The van der Waals surface area contributed by atoms with E-state index in [1.54, 1.807) is 6.92 Å². The van der Waals surface area contributed by atoms with Crippen LogP contribution in [0.3, 0.4) is 0 Å². The molecular weight excluding hydrogens is 350 g/mol. The zero-order valence-electron chi connectivity index (χ0n) is 14.1. The summed E-state index contributed by atoms with van der Waals surface area (Å²) < 4.78 is 30.8. The van der Waals surface area contributed by atoms with Gasteiger partial charge in [-0.05, 0) is 32.0 Å². The maximum Gasteiger partial charge on any atom is 0.267 e. The number of hydrogen-bond donors (Lipinski definition) is 1. The van der Waals surface area contributed by atoms with Crippen molar-refractivity contribution in [1.82, 2.24) is 9.29 Å². The maximum atomic E-state index is 12.5. The van der Waals surface area contributed by atoms with E-state index in [1.165, 1.54) is 50.7 Å². The molecule has 7 nitrogen and oxygen atoms in total. The van der Waals surface area contributed by atoms with Crippen LogP contribution in [0.25, 0.3) is 0 Å². The number of methoxy groups -OCH3 is 1. The second kappa shape index (κ2) is 6.88. The van der Waals surface area contributed by atoms with Crippen LogP contribution in [0.15, 0.2) is 23.1 Å². The Morgan fingerprint density at radius 2 is 1.96 bits per heavy atom. The molecule has 0 saturated carbocycles. The maximum absolute atomic E-state index is 12.5. The predicted octanol–water partition coefficient (Wildman–Crippen LogP) is 2.27. The van der Waals surface area contributed by atoms with Gasteiger partial charge in [-0.25, -0.2) is 17.7 Å². The highest BCUT2D eigenvalue weighted by Gasteiger charge is 2.21. The number of thiazole rings is 1. The number of carbonyl (C=O) groups is 1. The molecule has 1 aromatic carbocycles. The van der Waals surface area contributed by atoms with Crippen LogP contribution in [0, 0.1) is 13.8 Å². The molecule has 0 aliphatic heterocycles. The van der Waals surface area contributed by atoms with Crippen LogP contribution in [-0.2, 0) is 10.0 Å². The van der Waals surface area contributed by atoms with Crippen LogP contribution in [0.4, 0.5) is 5.69 Å². The van der Waals surface area contributed by atoms with Crippen LogP contribution < -0.4 is 10.1 Å². The van der Waals surface area contributed by atoms with Crippen LogP contribution in [0.2, 0.25) is 0 Å². The number of anilines is 1. The number of amides is 1. The van der Waals surface area contributed by atoms with E-state index in [9.17, 15) is 13.2 Å². The first-order chi connectivity index (χ1) is 11.2. The Bertz CT molecular complexity index is 873. The summed E-state index contributed by atoms with van der Waals surface area (Å²) in [6.45, 7) is 3.57. The van der Waals surface area contributed by atoms with Crippen LogP contribution in [0.5, 0.6) is 5.75 Å². The summed E-state index contributed by atoms with van der Waals surface area (Å²) in [6.07, 6.45) is 0. The fourth-order valence-electron chi connectivity index (χ4n) is 2.08. The number of aromatic nitrogens is 1. The van der Waals surface area contributed by atoms with Crippen LogP contribution in [-0.4, -0.2) is 44.8 Å². The molecule has 1 N–H and O–H groups in total. The van der Waals surface area contributed by atoms with Crippen molar-refractivity contribution in [3.63, 3.8) is 0 Å². The van der Waals surface area contributed by atoms with Crippen molar-refractivity contribution in [2.75, 3.05) is 26.5 Å². The third kappa shape index (κ3) is 3.58. The standard InChI is InChI=1S/C15H19N3O4S2/c1-9-14(23-10(2)16-9)15(19)17-12-8-11(6-7-13(12)22-5)24(20,21)18(3)4/h6-8H,1-5H3,(H,17,19). The highest BCUT2D eigenvalue weighted by atomic mass is 32.2. The molecule has 0 radical (unpaired) electrons. The second-order valence-corrected chi connectivity index (χ2v) is 8.61. The molecule has 0 aliphatic carbocycles. The van der Waals surface area contributed by atoms with E-state index < -0.39 is 10.0 Å². The molecule has 0 fully saturated rings. The molecule has 0 saturated heterocycles. The van der Waals surface area contributed by atoms with E-state index in [4.69, 9.17) is 4.74 Å². The molecule has 1 heterocycles. The summed E-state index contributed by atoms with van der Waals surface area (Å²) in [6, 6.07) is 4.33. The Kier molecular flexibility index (Phi) is 5.26. The fourth-order valence-corrected chi connectivity index (χ4v) is 3.82. The monoisotopic (exact) mass is 369 g/mol. The number of sulfonamides is 1. The molecule has 130 valence electrons. The first kappa shape index (κ1) is 18.4. The van der Waals surface area contributed by atoms with E-state index in [1.807, 2.05) is 6.92 Å². The lowest BCUT2D eigenvalue weighted by Crippen LogP contribution is -2.22. The number of benzene rings is 1. The molecule has 9 heteroatoms. The number of nitrogens with zero attached hydrogens (tertiary/aromatic N) is 2. The smallest absolute Gasteiger partial charge is 0.267 e. The molecule has 0 spiro atoms. The normalized spacial score (nSPS) is 11.6. The summed E-state index contributed by atoms with van der Waals surface area (Å²) in [7, 11) is 0.731. The lowest BCUT2D eigenvalue weighted by molar-refractivity contribution is 0.102. The predicted molar refractivity (Wildman–Crippen MR) is 93.4 cm³/mol. The van der Waals surface area contributed by atoms with Gasteiger partial charge in [0.1, 0.15) is 10.6 Å². The average molecular weight is 369 g/mol. The molecule has 2 aromatic rings. The van der Waals surface area contributed by atoms with Crippen LogP contribution >= 0.6 is 11.3 Å². The molecule has 0 atom stereocenters. The van der Waals surface area contributed by atoms with E-state index >= 15 is 0 Å². The van der Waals surface area contributed by atoms with Crippen molar-refractivity contribution < 1.29 is 17.9 Å². The molecule has 1 amide bonds. The summed E-state index contributed by atoms with van der Waals surface area (Å²) in [5.41, 5.74) is 0.918. The second-order valence-electron chi connectivity index (χ2n) is 5.25. The third-order valence-electron chi connectivity index (χ3n) is 3.31. The first-order valence-electron chi connectivity index (χ1n) is 7.02. The van der Waals surface area contributed by atoms with Crippen molar-refractivity contribution in [3.8, 4) is 5.75 Å². The number of rotatable bonds is 5. The van der Waals surface area contributed by atoms with Gasteiger partial charge in [0.25, 0.3) is 5.91 Å². The van der Waals surface area contributed by atoms with Crippen LogP contribution in [0.1, 0.15) is 20.4 Å². The van der Waals surface area contributed by atoms with Crippen molar-refractivity contribution in [3.05, 3.63) is 33.8 Å². The molecule has 1 aromatic heterocycles. The number of carbonyl (C=O) groups excluding carboxylic acids is 1. The zero-order chi connectivity index (χ0) is 18.1. The average Bonchev–Trinajstić information content (AvgIpc) is 2.85. The van der Waals surface area contributed by atoms with E-state index in [0.717, 1.165) is 9.31 Å². The summed E-state index contributed by atoms with van der Waals surface area (Å²) in [5.74, 6) is 0.0238. The van der Waals surface area contributed by atoms with Gasteiger partial charge in [-0.1, -0.05) is 0 Å². The topological polar surface area (TPSA) is 88.6 Å². The van der Waals surface area contributed by atoms with Gasteiger partial charge in [0.15, 0.2) is 0 Å². The number of ether oxygens (including phenoxy) is 1. The molecule has 0 bridgehead atoms. The number of nitrogens with one attached hydrogen (secondary N) is 1. The van der Waals surface area contributed by atoms with Crippen molar-refractivity contribution in [1.29, 1.82) is 0 Å². The highest BCUT2D eigenvalue weighted by molar-refractivity contribution is 7.89. The van der Waals surface area contributed by atoms with E-state index in [-0.39, 0.29) is 16.5 Å². The minimum Gasteiger partial charge on any atom is -0.495 e. The Morgan fingerprint density at radius 3 is 2.46 bits per heavy atom. The van der Waals surface area contributed by atoms with Gasteiger partial charge in [0.05, 0.1) is 28.4 Å². The Labute approximate surface area is 145 Å². The van der Waals surface area contributed by atoms with E-state index in [0.29, 0.717) is 16.3 Å². The van der Waals surface area contributed by atoms with Crippen molar-refractivity contribution >= 4 is 33.0 Å². The molecule has 2 rings (SSSR count). The molecular formula is C15H19N3O4S2. The largest absolute Gasteiger partial charge is 0.495 e. The number of aryl methyl sites for hydroxylation is 2. The minimum atomic E-state index is -3.61. The van der Waals surface area contributed by atoms with Gasteiger partial charge in [0, 0.05) is 14.1 Å². The lowest BCUT2D eigenvalue weighted by atomic mass is 10.2. The fraction of sp³-hybridized carbons (Fsp3) is 0.333. The molecule has 0 aliphatic rings.